The van der Waals surface area contributed by atoms with Crippen molar-refractivity contribution >= 4 is 29.1 Å². The number of likely N-dealkylation sites (tertiary alicyclic amines) is 1. The summed E-state index contributed by atoms with van der Waals surface area (Å²) in [5.41, 5.74) is 1.32. The summed E-state index contributed by atoms with van der Waals surface area (Å²) in [6, 6.07) is 5.03. The molecule has 0 aromatic heterocycles. The fourth-order valence-electron chi connectivity index (χ4n) is 3.86. The zero-order valence-electron chi connectivity index (χ0n) is 13.9. The van der Waals surface area contributed by atoms with Gasteiger partial charge in [-0.25, -0.2) is 4.90 Å². The summed E-state index contributed by atoms with van der Waals surface area (Å²) < 4.78 is 0. The van der Waals surface area contributed by atoms with Crippen molar-refractivity contribution in [1.82, 2.24) is 4.90 Å². The highest BCUT2D eigenvalue weighted by molar-refractivity contribution is 6.32. The van der Waals surface area contributed by atoms with E-state index in [2.05, 4.69) is 4.90 Å². The van der Waals surface area contributed by atoms with Crippen molar-refractivity contribution < 1.29 is 14.7 Å². The maximum Gasteiger partial charge on any atom is 0.251 e. The highest BCUT2D eigenvalue weighted by Gasteiger charge is 2.45. The molecule has 2 fully saturated rings. The van der Waals surface area contributed by atoms with E-state index >= 15 is 0 Å². The Kier molecular flexibility index (Phi) is 5.23. The molecule has 1 aromatic rings. The molecule has 0 bridgehead atoms. The molecule has 24 heavy (non-hydrogen) atoms. The van der Waals surface area contributed by atoms with Crippen LogP contribution in [-0.2, 0) is 9.59 Å². The lowest BCUT2D eigenvalue weighted by Crippen LogP contribution is -2.50. The van der Waals surface area contributed by atoms with E-state index in [4.69, 9.17) is 11.6 Å². The van der Waals surface area contributed by atoms with Gasteiger partial charge < -0.3 is 5.11 Å². The van der Waals surface area contributed by atoms with Gasteiger partial charge in [0.15, 0.2) is 0 Å². The van der Waals surface area contributed by atoms with Crippen molar-refractivity contribution in [3.63, 3.8) is 0 Å². The molecule has 0 spiro atoms. The molecule has 1 N–H and O–H groups in total. The molecule has 1 aromatic carbocycles. The maximum absolute atomic E-state index is 13.0. The molecule has 130 valence electrons. The molecule has 2 atom stereocenters. The van der Waals surface area contributed by atoms with Crippen LogP contribution in [0.3, 0.4) is 0 Å². The number of aliphatic hydroxyl groups excluding tert-OH is 1. The van der Waals surface area contributed by atoms with Crippen LogP contribution in [0.2, 0.25) is 5.02 Å². The lowest BCUT2D eigenvalue weighted by atomic mass is 9.97. The summed E-state index contributed by atoms with van der Waals surface area (Å²) in [6.07, 6.45) is 3.94. The molecule has 2 amide bonds. The lowest BCUT2D eigenvalue weighted by molar-refractivity contribution is -0.124. The average molecular weight is 351 g/mol. The van der Waals surface area contributed by atoms with Crippen LogP contribution in [-0.4, -0.2) is 47.1 Å². The number of amides is 2. The van der Waals surface area contributed by atoms with Gasteiger partial charge >= 0.3 is 0 Å². The average Bonchev–Trinajstić information content (AvgIpc) is 2.86. The van der Waals surface area contributed by atoms with Gasteiger partial charge in [0.25, 0.3) is 5.91 Å². The quantitative estimate of drug-likeness (QED) is 0.848. The topological polar surface area (TPSA) is 60.9 Å². The number of carbonyl (C=O) groups excluding carboxylic acids is 2. The molecular formula is C18H23ClN2O3. The zero-order chi connectivity index (χ0) is 17.3. The van der Waals surface area contributed by atoms with Crippen molar-refractivity contribution in [2.75, 3.05) is 18.1 Å². The minimum atomic E-state index is -0.423. The number of rotatable bonds is 4. The van der Waals surface area contributed by atoms with E-state index < -0.39 is 6.04 Å². The second-order valence-corrected chi connectivity index (χ2v) is 6.98. The standard InChI is InChI=1S/C18H23ClN2O3/c1-12-14(19)6-4-7-15(12)21-17(23)11-16(18(21)24)20-9-3-2-5-13(20)8-10-22/h4,6-7,13,16,22H,2-3,5,8-11H2,1H3/t13-,16+/m0/s1. The summed E-state index contributed by atoms with van der Waals surface area (Å²) in [5.74, 6) is -0.348. The molecule has 3 rings (SSSR count). The summed E-state index contributed by atoms with van der Waals surface area (Å²) in [5, 5.41) is 9.84. The monoisotopic (exact) mass is 350 g/mol. The third-order valence-electron chi connectivity index (χ3n) is 5.14. The summed E-state index contributed by atoms with van der Waals surface area (Å²) in [7, 11) is 0. The van der Waals surface area contributed by atoms with Crippen LogP contribution in [0, 0.1) is 6.92 Å². The molecule has 2 saturated heterocycles. The Bertz CT molecular complexity index is 647. The van der Waals surface area contributed by atoms with Gasteiger partial charge in [0.05, 0.1) is 18.2 Å². The number of aliphatic hydroxyl groups is 1. The van der Waals surface area contributed by atoms with Crippen molar-refractivity contribution in [3.8, 4) is 0 Å². The minimum Gasteiger partial charge on any atom is -0.396 e. The lowest BCUT2D eigenvalue weighted by Gasteiger charge is -2.38. The van der Waals surface area contributed by atoms with Crippen molar-refractivity contribution in [2.24, 2.45) is 0 Å². The largest absolute Gasteiger partial charge is 0.396 e. The Labute approximate surface area is 147 Å². The summed E-state index contributed by atoms with van der Waals surface area (Å²) >= 11 is 6.15. The predicted octanol–water partition coefficient (Wildman–Crippen LogP) is 2.52. The first-order valence-electron chi connectivity index (χ1n) is 8.53. The van der Waals surface area contributed by atoms with Crippen LogP contribution in [0.15, 0.2) is 18.2 Å². The molecule has 6 heteroatoms. The van der Waals surface area contributed by atoms with E-state index in [9.17, 15) is 14.7 Å². The van der Waals surface area contributed by atoms with Gasteiger partial charge in [0.2, 0.25) is 5.91 Å². The Morgan fingerprint density at radius 2 is 2.08 bits per heavy atom. The molecule has 0 aliphatic carbocycles. The highest BCUT2D eigenvalue weighted by atomic mass is 35.5. The first-order chi connectivity index (χ1) is 11.5. The van der Waals surface area contributed by atoms with Crippen LogP contribution in [0.25, 0.3) is 0 Å². The summed E-state index contributed by atoms with van der Waals surface area (Å²) in [4.78, 5) is 29.0. The fraction of sp³-hybridized carbons (Fsp3) is 0.556. The van der Waals surface area contributed by atoms with Crippen LogP contribution in [0.5, 0.6) is 0 Å². The van der Waals surface area contributed by atoms with E-state index in [0.717, 1.165) is 31.4 Å². The normalized spacial score (nSPS) is 25.5. The SMILES string of the molecule is Cc1c(Cl)cccc1N1C(=O)C[C@@H](N2CCCC[C@H]2CCO)C1=O. The van der Waals surface area contributed by atoms with Crippen LogP contribution in [0.1, 0.15) is 37.7 Å². The third-order valence-corrected chi connectivity index (χ3v) is 5.55. The molecular weight excluding hydrogens is 328 g/mol. The number of hydrogen-bond acceptors (Lipinski definition) is 4. The van der Waals surface area contributed by atoms with Gasteiger partial charge in [-0.3, -0.25) is 14.5 Å². The first kappa shape index (κ1) is 17.4. The minimum absolute atomic E-state index is 0.104. The number of halogens is 1. The van der Waals surface area contributed by atoms with Gasteiger partial charge in [-0.15, -0.1) is 0 Å². The Morgan fingerprint density at radius 3 is 2.83 bits per heavy atom. The van der Waals surface area contributed by atoms with E-state index in [1.165, 1.54) is 4.90 Å². The fourth-order valence-corrected chi connectivity index (χ4v) is 4.03. The highest BCUT2D eigenvalue weighted by Crippen LogP contribution is 2.34. The summed E-state index contributed by atoms with van der Waals surface area (Å²) in [6.45, 7) is 2.73. The van der Waals surface area contributed by atoms with Gasteiger partial charge in [-0.05, 0) is 50.4 Å². The molecule has 0 radical (unpaired) electrons. The first-order valence-corrected chi connectivity index (χ1v) is 8.91. The number of benzene rings is 1. The second kappa shape index (κ2) is 7.21. The van der Waals surface area contributed by atoms with Gasteiger partial charge in [-0.2, -0.15) is 0 Å². The van der Waals surface area contributed by atoms with Crippen molar-refractivity contribution in [3.05, 3.63) is 28.8 Å². The Hall–Kier alpha value is -1.43. The van der Waals surface area contributed by atoms with E-state index in [-0.39, 0.29) is 30.9 Å². The van der Waals surface area contributed by atoms with Gasteiger partial charge in [-0.1, -0.05) is 24.1 Å². The number of piperidine rings is 1. The van der Waals surface area contributed by atoms with E-state index in [1.54, 1.807) is 18.2 Å². The molecule has 2 aliphatic heterocycles. The van der Waals surface area contributed by atoms with Crippen LogP contribution >= 0.6 is 11.6 Å². The Balaban J connectivity index is 1.87. The van der Waals surface area contributed by atoms with Gasteiger partial charge in [0.1, 0.15) is 0 Å². The molecule has 0 unspecified atom stereocenters. The zero-order valence-corrected chi connectivity index (χ0v) is 14.6. The van der Waals surface area contributed by atoms with Gasteiger partial charge in [0, 0.05) is 17.7 Å². The Morgan fingerprint density at radius 1 is 1.29 bits per heavy atom. The second-order valence-electron chi connectivity index (χ2n) is 6.57. The smallest absolute Gasteiger partial charge is 0.251 e. The van der Waals surface area contributed by atoms with Crippen molar-refractivity contribution in [2.45, 2.75) is 51.1 Å². The number of imide groups is 1. The van der Waals surface area contributed by atoms with E-state index in [1.807, 2.05) is 6.92 Å². The molecule has 2 aliphatic rings. The maximum atomic E-state index is 13.0. The predicted molar refractivity (Wildman–Crippen MR) is 93.1 cm³/mol. The molecule has 2 heterocycles. The number of nitrogens with zero attached hydrogens (tertiary/aromatic N) is 2. The number of carbonyl (C=O) groups is 2. The molecule has 0 saturated carbocycles. The number of anilines is 1. The van der Waals surface area contributed by atoms with E-state index in [0.29, 0.717) is 17.1 Å². The number of hydrogen-bond donors (Lipinski definition) is 1. The van der Waals surface area contributed by atoms with Crippen LogP contribution in [0.4, 0.5) is 5.69 Å². The van der Waals surface area contributed by atoms with Crippen LogP contribution < -0.4 is 4.90 Å². The van der Waals surface area contributed by atoms with Crippen molar-refractivity contribution in [1.29, 1.82) is 0 Å². The molecule has 5 nitrogen and oxygen atoms in total. The third kappa shape index (κ3) is 3.08.